The minimum atomic E-state index is 0.489. The van der Waals surface area contributed by atoms with Crippen molar-refractivity contribution in [3.8, 4) is 0 Å². The average Bonchev–Trinajstić information content (AvgIpc) is 2.24. The van der Waals surface area contributed by atoms with Gasteiger partial charge in [-0.2, -0.15) is 0 Å². The Bertz CT molecular complexity index is 141. The lowest BCUT2D eigenvalue weighted by molar-refractivity contribution is -0.0564. The molecule has 1 heterocycles. The molecule has 2 heteroatoms. The van der Waals surface area contributed by atoms with E-state index in [-0.39, 0.29) is 0 Å². The summed E-state index contributed by atoms with van der Waals surface area (Å²) in [5.74, 6) is 0. The van der Waals surface area contributed by atoms with Crippen LogP contribution in [0.4, 0.5) is 0 Å². The van der Waals surface area contributed by atoms with Gasteiger partial charge in [0.05, 0.1) is 6.61 Å². The van der Waals surface area contributed by atoms with Gasteiger partial charge in [-0.3, -0.25) is 0 Å². The summed E-state index contributed by atoms with van der Waals surface area (Å²) in [6, 6.07) is 0. The Kier molecular flexibility index (Phi) is 8.07. The molecule has 0 bridgehead atoms. The zero-order valence-corrected chi connectivity index (χ0v) is 11.3. The van der Waals surface area contributed by atoms with E-state index in [1.807, 2.05) is 21.0 Å². The van der Waals surface area contributed by atoms with E-state index in [2.05, 4.69) is 18.7 Å². The lowest BCUT2D eigenvalue weighted by atomic mass is 9.78. The van der Waals surface area contributed by atoms with Crippen LogP contribution in [-0.2, 0) is 4.74 Å². The highest BCUT2D eigenvalue weighted by Gasteiger charge is 2.40. The second kappa shape index (κ2) is 8.12. The van der Waals surface area contributed by atoms with E-state index in [1.165, 1.54) is 38.9 Å². The van der Waals surface area contributed by atoms with E-state index in [0.29, 0.717) is 5.41 Å². The van der Waals surface area contributed by atoms with Crippen LogP contribution in [0.5, 0.6) is 0 Å². The molecule has 1 aliphatic rings. The first kappa shape index (κ1) is 14.9. The molecular formula is C13H29NO. The lowest BCUT2D eigenvalue weighted by Gasteiger charge is -2.49. The molecule has 0 saturated carbocycles. The van der Waals surface area contributed by atoms with Gasteiger partial charge >= 0.3 is 0 Å². The van der Waals surface area contributed by atoms with Gasteiger partial charge in [-0.15, -0.1) is 0 Å². The standard InChI is InChI=1S/C11H23NO.C2H6/c1-4-6-7-12-8-11(5-2,9-12)10-13-3;1-2/h4-10H2,1-3H3;1-2H3. The van der Waals surface area contributed by atoms with Crippen LogP contribution in [0.2, 0.25) is 0 Å². The number of nitrogens with zero attached hydrogens (tertiary/aromatic N) is 1. The predicted molar refractivity (Wildman–Crippen MR) is 67.3 cm³/mol. The maximum atomic E-state index is 5.27. The number of hydrogen-bond donors (Lipinski definition) is 0. The van der Waals surface area contributed by atoms with Crippen LogP contribution in [0, 0.1) is 5.41 Å². The highest BCUT2D eigenvalue weighted by atomic mass is 16.5. The highest BCUT2D eigenvalue weighted by Crippen LogP contribution is 2.33. The van der Waals surface area contributed by atoms with Crippen molar-refractivity contribution < 1.29 is 4.74 Å². The number of likely N-dealkylation sites (tertiary alicyclic amines) is 1. The maximum absolute atomic E-state index is 5.27. The highest BCUT2D eigenvalue weighted by molar-refractivity contribution is 4.93. The quantitative estimate of drug-likeness (QED) is 0.675. The molecule has 0 unspecified atom stereocenters. The fraction of sp³-hybridized carbons (Fsp3) is 1.00. The largest absolute Gasteiger partial charge is 0.384 e. The van der Waals surface area contributed by atoms with Crippen LogP contribution in [-0.4, -0.2) is 38.3 Å². The molecule has 0 N–H and O–H groups in total. The van der Waals surface area contributed by atoms with Crippen LogP contribution >= 0.6 is 0 Å². The van der Waals surface area contributed by atoms with Crippen molar-refractivity contribution in [2.24, 2.45) is 5.41 Å². The van der Waals surface area contributed by atoms with Crippen LogP contribution in [0.3, 0.4) is 0 Å². The molecule has 0 aromatic carbocycles. The smallest absolute Gasteiger partial charge is 0.0543 e. The summed E-state index contributed by atoms with van der Waals surface area (Å²) in [5.41, 5.74) is 0.489. The van der Waals surface area contributed by atoms with E-state index in [1.54, 1.807) is 0 Å². The molecule has 1 aliphatic heterocycles. The van der Waals surface area contributed by atoms with Crippen molar-refractivity contribution in [2.45, 2.75) is 47.0 Å². The third-order valence-electron chi connectivity index (χ3n) is 3.15. The summed E-state index contributed by atoms with van der Waals surface area (Å²) in [6.07, 6.45) is 3.90. The molecular weight excluding hydrogens is 186 g/mol. The molecule has 1 saturated heterocycles. The van der Waals surface area contributed by atoms with Crippen molar-refractivity contribution in [3.63, 3.8) is 0 Å². The molecule has 92 valence electrons. The minimum absolute atomic E-state index is 0.489. The monoisotopic (exact) mass is 215 g/mol. The topological polar surface area (TPSA) is 12.5 Å². The SMILES string of the molecule is CC.CCCCN1CC(CC)(COC)C1. The van der Waals surface area contributed by atoms with Gasteiger partial charge < -0.3 is 9.64 Å². The molecule has 0 aromatic heterocycles. The van der Waals surface area contributed by atoms with Crippen LogP contribution in [0.25, 0.3) is 0 Å². The lowest BCUT2D eigenvalue weighted by Crippen LogP contribution is -2.58. The summed E-state index contributed by atoms with van der Waals surface area (Å²) in [4.78, 5) is 2.55. The molecule has 0 spiro atoms. The Hall–Kier alpha value is -0.0800. The van der Waals surface area contributed by atoms with Gasteiger partial charge in [-0.05, 0) is 19.4 Å². The van der Waals surface area contributed by atoms with Crippen molar-refractivity contribution in [1.82, 2.24) is 4.90 Å². The van der Waals surface area contributed by atoms with E-state index >= 15 is 0 Å². The van der Waals surface area contributed by atoms with Crippen LogP contribution in [0.1, 0.15) is 47.0 Å². The normalized spacial score (nSPS) is 19.0. The molecule has 0 aromatic rings. The number of hydrogen-bond acceptors (Lipinski definition) is 2. The molecule has 1 fully saturated rings. The number of rotatable bonds is 6. The number of ether oxygens (including phenoxy) is 1. The van der Waals surface area contributed by atoms with Gasteiger partial charge in [0.15, 0.2) is 0 Å². The van der Waals surface area contributed by atoms with Gasteiger partial charge in [-0.25, -0.2) is 0 Å². The fourth-order valence-corrected chi connectivity index (χ4v) is 2.17. The van der Waals surface area contributed by atoms with E-state index in [9.17, 15) is 0 Å². The molecule has 15 heavy (non-hydrogen) atoms. The van der Waals surface area contributed by atoms with Crippen molar-refractivity contribution in [3.05, 3.63) is 0 Å². The summed E-state index contributed by atoms with van der Waals surface area (Å²) < 4.78 is 5.27. The third kappa shape index (κ3) is 4.52. The molecule has 0 aliphatic carbocycles. The molecule has 2 nitrogen and oxygen atoms in total. The van der Waals surface area contributed by atoms with Gasteiger partial charge in [0.1, 0.15) is 0 Å². The van der Waals surface area contributed by atoms with Gasteiger partial charge in [0, 0.05) is 25.6 Å². The summed E-state index contributed by atoms with van der Waals surface area (Å²) in [5, 5.41) is 0. The number of unbranched alkanes of at least 4 members (excludes halogenated alkanes) is 1. The van der Waals surface area contributed by atoms with Crippen molar-refractivity contribution in [2.75, 3.05) is 33.4 Å². The van der Waals surface area contributed by atoms with Gasteiger partial charge in [-0.1, -0.05) is 34.1 Å². The Balaban J connectivity index is 0.000000921. The maximum Gasteiger partial charge on any atom is 0.0543 e. The van der Waals surface area contributed by atoms with E-state index in [0.717, 1.165) is 6.61 Å². The Morgan fingerprint density at radius 2 is 1.80 bits per heavy atom. The first-order valence-electron chi connectivity index (χ1n) is 6.47. The summed E-state index contributed by atoms with van der Waals surface area (Å²) in [6.45, 7) is 13.2. The second-order valence-electron chi connectivity index (χ2n) is 4.35. The molecule has 0 atom stereocenters. The van der Waals surface area contributed by atoms with E-state index < -0.39 is 0 Å². The van der Waals surface area contributed by atoms with Crippen LogP contribution in [0.15, 0.2) is 0 Å². The van der Waals surface area contributed by atoms with Crippen LogP contribution < -0.4 is 0 Å². The molecule has 0 amide bonds. The Labute approximate surface area is 96.0 Å². The fourth-order valence-electron chi connectivity index (χ4n) is 2.17. The zero-order valence-electron chi connectivity index (χ0n) is 11.3. The summed E-state index contributed by atoms with van der Waals surface area (Å²) >= 11 is 0. The second-order valence-corrected chi connectivity index (χ2v) is 4.35. The molecule has 0 radical (unpaired) electrons. The number of methoxy groups -OCH3 is 1. The zero-order chi connectivity index (χ0) is 11.7. The van der Waals surface area contributed by atoms with Crippen molar-refractivity contribution >= 4 is 0 Å². The minimum Gasteiger partial charge on any atom is -0.384 e. The summed E-state index contributed by atoms with van der Waals surface area (Å²) in [7, 11) is 1.81. The third-order valence-corrected chi connectivity index (χ3v) is 3.15. The first-order chi connectivity index (χ1) is 7.26. The van der Waals surface area contributed by atoms with Gasteiger partial charge in [0.2, 0.25) is 0 Å². The first-order valence-corrected chi connectivity index (χ1v) is 6.47. The Morgan fingerprint density at radius 3 is 2.20 bits per heavy atom. The average molecular weight is 215 g/mol. The Morgan fingerprint density at radius 1 is 1.20 bits per heavy atom. The van der Waals surface area contributed by atoms with Crippen molar-refractivity contribution in [1.29, 1.82) is 0 Å². The predicted octanol–water partition coefficient (Wildman–Crippen LogP) is 3.17. The molecule has 1 rings (SSSR count). The van der Waals surface area contributed by atoms with E-state index in [4.69, 9.17) is 4.74 Å². The van der Waals surface area contributed by atoms with Gasteiger partial charge in [0.25, 0.3) is 0 Å².